The molecule has 86 valence electrons. The molecule has 4 nitrogen and oxygen atoms in total. The summed E-state index contributed by atoms with van der Waals surface area (Å²) >= 11 is 1.44. The van der Waals surface area contributed by atoms with Crippen LogP contribution in [0.5, 0.6) is 11.5 Å². The van der Waals surface area contributed by atoms with Crippen LogP contribution in [0.15, 0.2) is 18.2 Å². The minimum Gasteiger partial charge on any atom is -0.497 e. The van der Waals surface area contributed by atoms with Crippen molar-refractivity contribution in [3.8, 4) is 11.5 Å². The van der Waals surface area contributed by atoms with Gasteiger partial charge in [-0.1, -0.05) is 0 Å². The standard InChI is InChI=1S/C11H12O4S/c1-13-7-3-4-9(14-2)8(5-7)11-15-10(12)6-16-11/h3-5,11H,6H2,1-2H3. The Morgan fingerprint density at radius 3 is 2.75 bits per heavy atom. The summed E-state index contributed by atoms with van der Waals surface area (Å²) in [7, 11) is 3.19. The van der Waals surface area contributed by atoms with E-state index >= 15 is 0 Å². The lowest BCUT2D eigenvalue weighted by atomic mass is 10.2. The van der Waals surface area contributed by atoms with Crippen LogP contribution in [0.2, 0.25) is 0 Å². The summed E-state index contributed by atoms with van der Waals surface area (Å²) in [5.41, 5.74) is 0.537. The highest BCUT2D eigenvalue weighted by molar-refractivity contribution is 8.00. The van der Waals surface area contributed by atoms with Gasteiger partial charge in [-0.3, -0.25) is 4.79 Å². The Kier molecular flexibility index (Phi) is 3.24. The Bertz CT molecular complexity index is 405. The number of hydrogen-bond donors (Lipinski definition) is 0. The highest BCUT2D eigenvalue weighted by Crippen LogP contribution is 2.41. The lowest BCUT2D eigenvalue weighted by Gasteiger charge is -2.14. The fourth-order valence-electron chi connectivity index (χ4n) is 1.51. The molecule has 0 aromatic heterocycles. The Morgan fingerprint density at radius 1 is 1.38 bits per heavy atom. The predicted octanol–water partition coefficient (Wildman–Crippen LogP) is 1.99. The van der Waals surface area contributed by atoms with Crippen molar-refractivity contribution in [2.24, 2.45) is 0 Å². The van der Waals surface area contributed by atoms with Crippen molar-refractivity contribution in [3.05, 3.63) is 23.8 Å². The maximum Gasteiger partial charge on any atom is 0.317 e. The molecule has 1 aliphatic heterocycles. The Hall–Kier alpha value is -1.36. The van der Waals surface area contributed by atoms with Crippen molar-refractivity contribution in [1.82, 2.24) is 0 Å². The van der Waals surface area contributed by atoms with Gasteiger partial charge in [-0.15, -0.1) is 11.8 Å². The first-order valence-corrected chi connectivity index (χ1v) is 5.82. The summed E-state index contributed by atoms with van der Waals surface area (Å²) in [6.45, 7) is 0. The largest absolute Gasteiger partial charge is 0.497 e. The van der Waals surface area contributed by atoms with E-state index in [1.54, 1.807) is 20.3 Å². The zero-order valence-electron chi connectivity index (χ0n) is 9.06. The second-order valence-electron chi connectivity index (χ2n) is 3.24. The van der Waals surface area contributed by atoms with Crippen LogP contribution in [0.1, 0.15) is 11.0 Å². The topological polar surface area (TPSA) is 44.8 Å². The molecule has 1 aromatic carbocycles. The van der Waals surface area contributed by atoms with E-state index < -0.39 is 0 Å². The lowest BCUT2D eigenvalue weighted by Crippen LogP contribution is -2.01. The number of thioether (sulfide) groups is 1. The average Bonchev–Trinajstić information content (AvgIpc) is 2.75. The van der Waals surface area contributed by atoms with E-state index in [2.05, 4.69) is 0 Å². The molecule has 1 aliphatic rings. The summed E-state index contributed by atoms with van der Waals surface area (Å²) in [5.74, 6) is 1.61. The van der Waals surface area contributed by atoms with Crippen LogP contribution in [0.25, 0.3) is 0 Å². The number of carbonyl (C=O) groups is 1. The number of benzene rings is 1. The summed E-state index contributed by atoms with van der Waals surface area (Å²) in [5, 5.41) is 0. The van der Waals surface area contributed by atoms with E-state index in [4.69, 9.17) is 14.2 Å². The first-order valence-electron chi connectivity index (χ1n) is 4.77. The minimum absolute atomic E-state index is 0.195. The van der Waals surface area contributed by atoms with Gasteiger partial charge >= 0.3 is 5.97 Å². The van der Waals surface area contributed by atoms with Gasteiger partial charge in [0.25, 0.3) is 0 Å². The zero-order chi connectivity index (χ0) is 11.5. The molecule has 0 saturated carbocycles. The van der Waals surface area contributed by atoms with Crippen LogP contribution in [-0.4, -0.2) is 25.9 Å². The number of rotatable bonds is 3. The Balaban J connectivity index is 2.33. The summed E-state index contributed by atoms with van der Waals surface area (Å²) in [6, 6.07) is 5.44. The Labute approximate surface area is 97.9 Å². The van der Waals surface area contributed by atoms with Crippen molar-refractivity contribution in [1.29, 1.82) is 0 Å². The predicted molar refractivity (Wildman–Crippen MR) is 60.8 cm³/mol. The smallest absolute Gasteiger partial charge is 0.317 e. The van der Waals surface area contributed by atoms with Gasteiger partial charge in [0.15, 0.2) is 5.44 Å². The molecule has 0 bridgehead atoms. The maximum atomic E-state index is 11.1. The first-order chi connectivity index (χ1) is 7.74. The van der Waals surface area contributed by atoms with Gasteiger partial charge < -0.3 is 14.2 Å². The Morgan fingerprint density at radius 2 is 2.19 bits per heavy atom. The molecule has 1 saturated heterocycles. The molecule has 2 rings (SSSR count). The van der Waals surface area contributed by atoms with Gasteiger partial charge in [-0.2, -0.15) is 0 Å². The van der Waals surface area contributed by atoms with Crippen LogP contribution in [0.3, 0.4) is 0 Å². The van der Waals surface area contributed by atoms with Gasteiger partial charge in [0.05, 0.1) is 20.0 Å². The second-order valence-corrected chi connectivity index (χ2v) is 4.29. The zero-order valence-corrected chi connectivity index (χ0v) is 9.87. The van der Waals surface area contributed by atoms with E-state index in [9.17, 15) is 4.79 Å². The average molecular weight is 240 g/mol. The van der Waals surface area contributed by atoms with Crippen LogP contribution in [0, 0.1) is 0 Å². The molecule has 0 amide bonds. The minimum atomic E-state index is -0.294. The van der Waals surface area contributed by atoms with Gasteiger partial charge in [0.2, 0.25) is 0 Å². The second kappa shape index (κ2) is 4.65. The van der Waals surface area contributed by atoms with Crippen LogP contribution in [-0.2, 0) is 9.53 Å². The third-order valence-corrected chi connectivity index (χ3v) is 3.34. The summed E-state index contributed by atoms with van der Waals surface area (Å²) < 4.78 is 15.5. The summed E-state index contributed by atoms with van der Waals surface area (Å²) in [4.78, 5) is 11.1. The highest BCUT2D eigenvalue weighted by atomic mass is 32.2. The van der Waals surface area contributed by atoms with Gasteiger partial charge in [0.1, 0.15) is 11.5 Å². The van der Waals surface area contributed by atoms with E-state index in [1.165, 1.54) is 11.8 Å². The van der Waals surface area contributed by atoms with Crippen molar-refractivity contribution >= 4 is 17.7 Å². The fourth-order valence-corrected chi connectivity index (χ4v) is 2.40. The van der Waals surface area contributed by atoms with Crippen molar-refractivity contribution < 1.29 is 19.0 Å². The molecule has 0 radical (unpaired) electrons. The van der Waals surface area contributed by atoms with Crippen molar-refractivity contribution in [3.63, 3.8) is 0 Å². The molecule has 0 spiro atoms. The van der Waals surface area contributed by atoms with Gasteiger partial charge in [-0.05, 0) is 18.2 Å². The third kappa shape index (κ3) is 2.09. The van der Waals surface area contributed by atoms with Gasteiger partial charge in [0, 0.05) is 5.56 Å². The molecule has 1 aromatic rings. The molecule has 0 aliphatic carbocycles. The number of hydrogen-bond acceptors (Lipinski definition) is 5. The van der Waals surface area contributed by atoms with Crippen LogP contribution >= 0.6 is 11.8 Å². The van der Waals surface area contributed by atoms with Crippen molar-refractivity contribution in [2.75, 3.05) is 20.0 Å². The number of carbonyl (C=O) groups excluding carboxylic acids is 1. The molecular formula is C11H12O4S. The van der Waals surface area contributed by atoms with E-state index in [0.29, 0.717) is 11.5 Å². The molecule has 1 heterocycles. The first kappa shape index (κ1) is 11.1. The van der Waals surface area contributed by atoms with E-state index in [-0.39, 0.29) is 11.4 Å². The quantitative estimate of drug-likeness (QED) is 0.756. The molecule has 1 atom stereocenters. The summed E-state index contributed by atoms with van der Waals surface area (Å²) in [6.07, 6.45) is 0. The lowest BCUT2D eigenvalue weighted by molar-refractivity contribution is -0.140. The SMILES string of the molecule is COc1ccc(OC)c(C2OC(=O)CS2)c1. The number of ether oxygens (including phenoxy) is 3. The third-order valence-electron chi connectivity index (χ3n) is 2.28. The molecular weight excluding hydrogens is 228 g/mol. The number of cyclic esters (lactones) is 1. The number of esters is 1. The maximum absolute atomic E-state index is 11.1. The normalized spacial score (nSPS) is 19.4. The molecule has 1 fully saturated rings. The fraction of sp³-hybridized carbons (Fsp3) is 0.364. The van der Waals surface area contributed by atoms with E-state index in [1.807, 2.05) is 12.1 Å². The van der Waals surface area contributed by atoms with Crippen LogP contribution in [0.4, 0.5) is 0 Å². The van der Waals surface area contributed by atoms with E-state index in [0.717, 1.165) is 11.3 Å². The molecule has 1 unspecified atom stereocenters. The molecule has 5 heteroatoms. The molecule has 16 heavy (non-hydrogen) atoms. The monoisotopic (exact) mass is 240 g/mol. The van der Waals surface area contributed by atoms with Crippen molar-refractivity contribution in [2.45, 2.75) is 5.44 Å². The highest BCUT2D eigenvalue weighted by Gasteiger charge is 2.28. The number of methoxy groups -OCH3 is 2. The van der Waals surface area contributed by atoms with Crippen LogP contribution < -0.4 is 9.47 Å². The van der Waals surface area contributed by atoms with Gasteiger partial charge in [-0.25, -0.2) is 0 Å². The molecule has 0 N–H and O–H groups in total.